The van der Waals surface area contributed by atoms with E-state index in [1.54, 1.807) is 0 Å². The van der Waals surface area contributed by atoms with Crippen molar-refractivity contribution < 1.29 is 57.6 Å². The molecule has 0 aromatic rings. The van der Waals surface area contributed by atoms with E-state index in [1.807, 2.05) is 13.8 Å². The molecule has 12 nitrogen and oxygen atoms in total. The maximum atomic E-state index is 13.0. The molecule has 2 saturated carbocycles. The maximum absolute atomic E-state index is 13.0. The van der Waals surface area contributed by atoms with Crippen LogP contribution in [0.25, 0.3) is 0 Å². The third kappa shape index (κ3) is 5.21. The summed E-state index contributed by atoms with van der Waals surface area (Å²) >= 11 is 0. The summed E-state index contributed by atoms with van der Waals surface area (Å²) < 4.78 is 37.4. The highest BCUT2D eigenvalue weighted by molar-refractivity contribution is 5.70. The number of carbonyl (C=O) groups is 2. The highest BCUT2D eigenvalue weighted by Gasteiger charge is 2.71. The molecule has 10 rings (SSSR count). The fraction of sp³-hybridized carbons (Fsp3) is 0.944. The Labute approximate surface area is 283 Å². The topological polar surface area (TPSA) is 126 Å². The summed E-state index contributed by atoms with van der Waals surface area (Å²) in [5.74, 6) is -1.09. The summed E-state index contributed by atoms with van der Waals surface area (Å²) in [7, 11) is 0. The van der Waals surface area contributed by atoms with E-state index >= 15 is 0 Å². The predicted molar refractivity (Wildman–Crippen MR) is 164 cm³/mol. The second kappa shape index (κ2) is 12.1. The maximum Gasteiger partial charge on any atom is 0.308 e. The van der Waals surface area contributed by atoms with Gasteiger partial charge in [-0.15, -0.1) is 0 Å². The highest BCUT2D eigenvalue weighted by Crippen LogP contribution is 2.62. The Bertz CT molecular complexity index is 1170. The second-order valence-corrected chi connectivity index (χ2v) is 16.7. The SMILES string of the molecule is C[C@H]1[C@@H](OC(=O)CCCCC(=O)O[C@H]2O[C@@H]3O[C@]4(C)CC[C@H]5[C@H](C)CC[C@@H]([C@H]2C)[C@@]35OO4)O[C@@H]2O[C@]3(C)CC[C@H]4[C@H](C)CC[C@@H]1[C@@]24OO3. The molecular formula is C36H54O12. The summed E-state index contributed by atoms with van der Waals surface area (Å²) in [6, 6.07) is 0. The van der Waals surface area contributed by atoms with E-state index in [0.29, 0.717) is 24.7 Å². The van der Waals surface area contributed by atoms with Gasteiger partial charge in [-0.05, 0) is 88.9 Å². The van der Waals surface area contributed by atoms with Crippen LogP contribution in [0.2, 0.25) is 0 Å². The van der Waals surface area contributed by atoms with Crippen molar-refractivity contribution in [1.29, 1.82) is 0 Å². The van der Waals surface area contributed by atoms with E-state index in [0.717, 1.165) is 51.4 Å². The van der Waals surface area contributed by atoms with Crippen LogP contribution >= 0.6 is 0 Å². The standard InChI is InChI=1S/C36H54O12/c1-19-11-13-25-21(3)29(41-31-35(25)23(19)15-17-33(5,43-31)45-47-35)39-27(37)9-7-8-10-28(38)40-30-22(4)26-14-12-20(2)24-16-18-34(6)44-32(42-30)36(24,26)48-46-34/h19-26,29-32H,7-18H2,1-6H3/t19-,20-,21-,22-,23+,24+,25+,26+,29+,30+,31-,32-,33+,34+,35-,36-/m1/s1. The normalized spacial score (nSPS) is 53.5. The Kier molecular flexibility index (Phi) is 8.51. The van der Waals surface area contributed by atoms with Gasteiger partial charge in [0.15, 0.2) is 23.8 Å². The Morgan fingerprint density at radius 3 is 1.42 bits per heavy atom. The second-order valence-electron chi connectivity index (χ2n) is 16.7. The number of hydrogen-bond donors (Lipinski definition) is 0. The van der Waals surface area contributed by atoms with E-state index < -0.39 is 47.9 Å². The van der Waals surface area contributed by atoms with Gasteiger partial charge in [0, 0.05) is 49.4 Å². The number of esters is 2. The first kappa shape index (κ1) is 33.7. The number of rotatable bonds is 7. The molecule has 10 aliphatic rings. The minimum atomic E-state index is -0.886. The van der Waals surface area contributed by atoms with Crippen molar-refractivity contribution in [2.75, 3.05) is 0 Å². The van der Waals surface area contributed by atoms with Gasteiger partial charge in [0.05, 0.1) is 0 Å². The lowest BCUT2D eigenvalue weighted by molar-refractivity contribution is -0.576. The summed E-state index contributed by atoms with van der Waals surface area (Å²) in [6.07, 6.45) is 5.84. The predicted octanol–water partition coefficient (Wildman–Crippen LogP) is 6.05. The summed E-state index contributed by atoms with van der Waals surface area (Å²) in [5.41, 5.74) is -1.40. The van der Waals surface area contributed by atoms with Gasteiger partial charge in [0.2, 0.25) is 24.2 Å². The molecule has 16 atom stereocenters. The zero-order chi connectivity index (χ0) is 33.6. The number of unbranched alkanes of at least 4 members (excludes halogenated alkanes) is 1. The van der Waals surface area contributed by atoms with Crippen molar-refractivity contribution in [1.82, 2.24) is 0 Å². The van der Waals surface area contributed by atoms with Gasteiger partial charge in [-0.3, -0.25) is 9.59 Å². The molecule has 8 heterocycles. The lowest BCUT2D eigenvalue weighted by atomic mass is 9.58. The van der Waals surface area contributed by atoms with Crippen LogP contribution in [0.5, 0.6) is 0 Å². The highest BCUT2D eigenvalue weighted by atomic mass is 17.3. The van der Waals surface area contributed by atoms with Crippen molar-refractivity contribution in [3.05, 3.63) is 0 Å². The first-order valence-electron chi connectivity index (χ1n) is 18.7. The van der Waals surface area contributed by atoms with Crippen molar-refractivity contribution in [3.8, 4) is 0 Å². The van der Waals surface area contributed by atoms with Crippen LogP contribution in [0.3, 0.4) is 0 Å². The molecule has 2 aliphatic carbocycles. The molecule has 0 radical (unpaired) electrons. The molecule has 8 saturated heterocycles. The van der Waals surface area contributed by atoms with Gasteiger partial charge in [0.25, 0.3) is 0 Å². The summed E-state index contributed by atoms with van der Waals surface area (Å²) in [6.45, 7) is 12.4. The smallest absolute Gasteiger partial charge is 0.308 e. The van der Waals surface area contributed by atoms with Crippen LogP contribution in [0.15, 0.2) is 0 Å². The van der Waals surface area contributed by atoms with Crippen LogP contribution in [-0.2, 0) is 57.6 Å². The molecule has 270 valence electrons. The van der Waals surface area contributed by atoms with Crippen molar-refractivity contribution in [3.63, 3.8) is 0 Å². The van der Waals surface area contributed by atoms with E-state index in [1.165, 1.54) is 0 Å². The van der Waals surface area contributed by atoms with Gasteiger partial charge in [-0.2, -0.15) is 0 Å². The number of carbonyl (C=O) groups excluding carboxylic acids is 2. The molecule has 10 fully saturated rings. The molecule has 0 N–H and O–H groups in total. The molecule has 4 bridgehead atoms. The quantitative estimate of drug-likeness (QED) is 0.177. The Morgan fingerprint density at radius 2 is 1.00 bits per heavy atom. The monoisotopic (exact) mass is 678 g/mol. The zero-order valence-corrected chi connectivity index (χ0v) is 29.3. The van der Waals surface area contributed by atoms with E-state index in [-0.39, 0.29) is 60.3 Å². The average molecular weight is 679 g/mol. The lowest BCUT2D eigenvalue weighted by Crippen LogP contribution is -2.70. The Hall–Kier alpha value is -1.38. The molecular weight excluding hydrogens is 624 g/mol. The van der Waals surface area contributed by atoms with Gasteiger partial charge in [0.1, 0.15) is 0 Å². The van der Waals surface area contributed by atoms with Gasteiger partial charge in [-0.25, -0.2) is 19.6 Å². The molecule has 48 heavy (non-hydrogen) atoms. The van der Waals surface area contributed by atoms with Crippen molar-refractivity contribution in [2.24, 2.45) is 47.3 Å². The third-order valence-electron chi connectivity index (χ3n) is 13.7. The van der Waals surface area contributed by atoms with Crippen molar-refractivity contribution >= 4 is 11.9 Å². The number of hydrogen-bond acceptors (Lipinski definition) is 12. The van der Waals surface area contributed by atoms with Gasteiger partial charge < -0.3 is 28.4 Å². The van der Waals surface area contributed by atoms with Crippen LogP contribution < -0.4 is 0 Å². The summed E-state index contributed by atoms with van der Waals surface area (Å²) in [4.78, 5) is 50.2. The number of fused-ring (bicyclic) bond motifs is 4. The first-order chi connectivity index (χ1) is 22.9. The van der Waals surface area contributed by atoms with E-state index in [2.05, 4.69) is 27.7 Å². The molecule has 12 heteroatoms. The van der Waals surface area contributed by atoms with Crippen molar-refractivity contribution in [2.45, 2.75) is 167 Å². The fourth-order valence-electron chi connectivity index (χ4n) is 10.9. The third-order valence-corrected chi connectivity index (χ3v) is 13.7. The molecule has 8 aliphatic heterocycles. The molecule has 0 unspecified atom stereocenters. The van der Waals surface area contributed by atoms with Crippen LogP contribution in [0.1, 0.15) is 119 Å². The Balaban J connectivity index is 0.836. The van der Waals surface area contributed by atoms with Crippen LogP contribution in [-0.4, -0.2) is 59.9 Å². The molecule has 0 aromatic heterocycles. The number of ether oxygens (including phenoxy) is 6. The molecule has 0 aromatic carbocycles. The zero-order valence-electron chi connectivity index (χ0n) is 29.3. The fourth-order valence-corrected chi connectivity index (χ4v) is 10.9. The molecule has 2 spiro atoms. The average Bonchev–Trinajstić information content (AvgIpc) is 3.42. The van der Waals surface area contributed by atoms with Crippen LogP contribution in [0.4, 0.5) is 0 Å². The first-order valence-corrected chi connectivity index (χ1v) is 18.7. The largest absolute Gasteiger partial charge is 0.435 e. The minimum absolute atomic E-state index is 0.0790. The van der Waals surface area contributed by atoms with Gasteiger partial charge >= 0.3 is 11.9 Å². The van der Waals surface area contributed by atoms with E-state index in [4.69, 9.17) is 48.0 Å². The lowest BCUT2D eigenvalue weighted by Gasteiger charge is -2.59. The molecule has 0 amide bonds. The summed E-state index contributed by atoms with van der Waals surface area (Å²) in [5, 5.41) is 0. The van der Waals surface area contributed by atoms with E-state index in [9.17, 15) is 9.59 Å². The van der Waals surface area contributed by atoms with Crippen LogP contribution in [0, 0.1) is 47.3 Å². The minimum Gasteiger partial charge on any atom is -0.435 e. The Morgan fingerprint density at radius 1 is 0.583 bits per heavy atom. The van der Waals surface area contributed by atoms with Gasteiger partial charge in [-0.1, -0.05) is 27.7 Å².